The van der Waals surface area contributed by atoms with Crippen LogP contribution in [0.2, 0.25) is 0 Å². The molecule has 0 heterocycles. The van der Waals surface area contributed by atoms with Crippen molar-refractivity contribution in [2.45, 2.75) is 335 Å². The van der Waals surface area contributed by atoms with E-state index in [1.165, 1.54) is 167 Å². The maximum atomic E-state index is 12.9. The number of hydrogen-bond donors (Lipinski definition) is 0. The van der Waals surface area contributed by atoms with Crippen molar-refractivity contribution < 1.29 is 28.6 Å². The van der Waals surface area contributed by atoms with E-state index in [1.54, 1.807) is 0 Å². The van der Waals surface area contributed by atoms with Gasteiger partial charge >= 0.3 is 17.9 Å². The first-order chi connectivity index (χ1) is 40.0. The van der Waals surface area contributed by atoms with Crippen LogP contribution in [0.4, 0.5) is 0 Å². The fourth-order valence-corrected chi connectivity index (χ4v) is 9.70. The number of allylic oxidation sites excluding steroid dienone is 18. The number of hydrogen-bond acceptors (Lipinski definition) is 6. The monoisotopic (exact) mass is 1120 g/mol. The summed E-state index contributed by atoms with van der Waals surface area (Å²) in [5, 5.41) is 0. The van der Waals surface area contributed by atoms with Gasteiger partial charge in [-0.3, -0.25) is 14.4 Å². The van der Waals surface area contributed by atoms with Crippen LogP contribution >= 0.6 is 0 Å². The van der Waals surface area contributed by atoms with Crippen molar-refractivity contribution in [1.82, 2.24) is 0 Å². The minimum atomic E-state index is -0.793. The lowest BCUT2D eigenvalue weighted by molar-refractivity contribution is -0.167. The second-order valence-electron chi connectivity index (χ2n) is 22.7. The molecule has 0 aromatic rings. The predicted octanol–water partition coefficient (Wildman–Crippen LogP) is 23.8. The van der Waals surface area contributed by atoms with Gasteiger partial charge in [-0.05, 0) is 103 Å². The third-order valence-corrected chi connectivity index (χ3v) is 14.8. The van der Waals surface area contributed by atoms with Gasteiger partial charge < -0.3 is 14.2 Å². The molecule has 0 N–H and O–H groups in total. The van der Waals surface area contributed by atoms with Crippen LogP contribution < -0.4 is 0 Å². The second-order valence-corrected chi connectivity index (χ2v) is 22.7. The Morgan fingerprint density at radius 2 is 0.481 bits per heavy atom. The lowest BCUT2D eigenvalue weighted by Gasteiger charge is -2.18. The topological polar surface area (TPSA) is 78.9 Å². The maximum Gasteiger partial charge on any atom is 0.306 e. The average molecular weight is 1130 g/mol. The van der Waals surface area contributed by atoms with Crippen molar-refractivity contribution in [2.24, 2.45) is 0 Å². The van der Waals surface area contributed by atoms with E-state index >= 15 is 0 Å². The van der Waals surface area contributed by atoms with E-state index in [-0.39, 0.29) is 31.1 Å². The third kappa shape index (κ3) is 66.8. The predicted molar refractivity (Wildman–Crippen MR) is 353 cm³/mol. The highest BCUT2D eigenvalue weighted by Crippen LogP contribution is 2.17. The fourth-order valence-electron chi connectivity index (χ4n) is 9.70. The zero-order valence-electron chi connectivity index (χ0n) is 53.3. The Morgan fingerprint density at radius 3 is 0.765 bits per heavy atom. The first-order valence-corrected chi connectivity index (χ1v) is 34.4. The molecule has 0 saturated carbocycles. The quantitative estimate of drug-likeness (QED) is 0.0261. The molecule has 0 aliphatic heterocycles. The van der Waals surface area contributed by atoms with Gasteiger partial charge in [-0.25, -0.2) is 0 Å². The summed E-state index contributed by atoms with van der Waals surface area (Å²) in [7, 11) is 0. The largest absolute Gasteiger partial charge is 0.462 e. The number of ether oxygens (including phenoxy) is 3. The molecule has 0 aliphatic carbocycles. The Labute approximate surface area is 501 Å². The van der Waals surface area contributed by atoms with E-state index in [2.05, 4.69) is 130 Å². The van der Waals surface area contributed by atoms with Crippen LogP contribution in [0.5, 0.6) is 0 Å². The number of unbranched alkanes of at least 4 members (excludes halogenated alkanes) is 33. The minimum absolute atomic E-state index is 0.0878. The molecule has 1 unspecified atom stereocenters. The van der Waals surface area contributed by atoms with Gasteiger partial charge in [0.25, 0.3) is 0 Å². The SMILES string of the molecule is CC/C=C\C/C=C\C/C=C\C/C=C\C/C=C\C/C=C\CCCCCCCCCCCCC(=O)OCC(COC(=O)CCCCC/C=C\C/C=C\C/C=C\CC)OC(=O)CCCCCCCCCCCCCCCCCCCCCCC. The molecule has 0 saturated heterocycles. The lowest BCUT2D eigenvalue weighted by atomic mass is 10.0. The van der Waals surface area contributed by atoms with E-state index in [9.17, 15) is 14.4 Å². The zero-order valence-corrected chi connectivity index (χ0v) is 53.3. The summed E-state index contributed by atoms with van der Waals surface area (Å²) >= 11 is 0. The molecule has 0 aromatic carbocycles. The summed E-state index contributed by atoms with van der Waals surface area (Å²) in [5.41, 5.74) is 0. The molecule has 6 heteroatoms. The highest BCUT2D eigenvalue weighted by Gasteiger charge is 2.19. The van der Waals surface area contributed by atoms with Crippen molar-refractivity contribution in [3.05, 3.63) is 109 Å². The smallest absolute Gasteiger partial charge is 0.306 e. The Balaban J connectivity index is 4.29. The van der Waals surface area contributed by atoms with Crippen LogP contribution in [-0.2, 0) is 28.6 Å². The van der Waals surface area contributed by atoms with Gasteiger partial charge in [-0.2, -0.15) is 0 Å². The summed E-state index contributed by atoms with van der Waals surface area (Å²) in [6, 6.07) is 0. The summed E-state index contributed by atoms with van der Waals surface area (Å²) in [4.78, 5) is 38.4. The van der Waals surface area contributed by atoms with Crippen LogP contribution in [0.15, 0.2) is 109 Å². The molecule has 0 fully saturated rings. The number of esters is 3. The normalized spacial score (nSPS) is 12.8. The third-order valence-electron chi connectivity index (χ3n) is 14.8. The molecule has 0 aliphatic rings. The van der Waals surface area contributed by atoms with Crippen LogP contribution in [0.1, 0.15) is 329 Å². The van der Waals surface area contributed by atoms with Crippen LogP contribution in [0, 0.1) is 0 Å². The van der Waals surface area contributed by atoms with Crippen molar-refractivity contribution in [1.29, 1.82) is 0 Å². The fraction of sp³-hybridized carbons (Fsp3) is 0.720. The highest BCUT2D eigenvalue weighted by atomic mass is 16.6. The first-order valence-electron chi connectivity index (χ1n) is 34.4. The van der Waals surface area contributed by atoms with Gasteiger partial charge in [-0.1, -0.05) is 316 Å². The molecule has 0 spiro atoms. The van der Waals surface area contributed by atoms with E-state index < -0.39 is 6.10 Å². The average Bonchev–Trinajstić information content (AvgIpc) is 3.46. The molecular formula is C75H128O6. The van der Waals surface area contributed by atoms with Crippen molar-refractivity contribution in [3.63, 3.8) is 0 Å². The molecule has 1 atom stereocenters. The Hall–Kier alpha value is -3.93. The van der Waals surface area contributed by atoms with Crippen LogP contribution in [0.3, 0.4) is 0 Å². The molecule has 0 rings (SSSR count). The van der Waals surface area contributed by atoms with Gasteiger partial charge in [0.2, 0.25) is 0 Å². The van der Waals surface area contributed by atoms with Gasteiger partial charge in [0.15, 0.2) is 6.10 Å². The summed E-state index contributed by atoms with van der Waals surface area (Å²) < 4.78 is 16.9. The molecule has 0 bridgehead atoms. The Morgan fingerprint density at radius 1 is 0.259 bits per heavy atom. The van der Waals surface area contributed by atoms with Gasteiger partial charge in [0.1, 0.15) is 13.2 Å². The Bertz CT molecular complexity index is 1620. The van der Waals surface area contributed by atoms with Crippen LogP contribution in [0.25, 0.3) is 0 Å². The standard InChI is InChI=1S/C75H128O6/c1-4-7-10-13-16-19-22-25-27-29-31-33-34-35-36-37-38-39-40-42-43-45-47-50-53-56-59-62-65-68-74(77)80-71-72(70-79-73(76)67-64-61-58-55-52-49-24-21-18-15-12-9-6-3)81-75(78)69-66-63-60-57-54-51-48-46-44-41-32-30-28-26-23-20-17-14-11-8-5-2/h7,9-10,12,16,18-19,21,25,27,31,33,35-36,38-39,49,52,72H,4-6,8,11,13-15,17,20,22-24,26,28-30,32,34,37,40-48,50-51,53-71H2,1-3H3/b10-7-,12-9-,19-16-,21-18-,27-25-,33-31-,36-35-,39-38-,52-49-. The lowest BCUT2D eigenvalue weighted by Crippen LogP contribution is -2.30. The van der Waals surface area contributed by atoms with Gasteiger partial charge in [-0.15, -0.1) is 0 Å². The van der Waals surface area contributed by atoms with Crippen LogP contribution in [-0.4, -0.2) is 37.2 Å². The van der Waals surface area contributed by atoms with E-state index in [4.69, 9.17) is 14.2 Å². The number of carbonyl (C=O) groups is 3. The summed E-state index contributed by atoms with van der Waals surface area (Å²) in [6.45, 7) is 6.42. The zero-order chi connectivity index (χ0) is 58.5. The van der Waals surface area contributed by atoms with Crippen molar-refractivity contribution in [2.75, 3.05) is 13.2 Å². The summed E-state index contributed by atoms with van der Waals surface area (Å²) in [5.74, 6) is -0.908. The first kappa shape index (κ1) is 77.1. The number of carbonyl (C=O) groups excluding carboxylic acids is 3. The van der Waals surface area contributed by atoms with Gasteiger partial charge in [0.05, 0.1) is 0 Å². The summed E-state index contributed by atoms with van der Waals surface area (Å²) in [6.07, 6.45) is 94.0. The second kappa shape index (κ2) is 68.6. The molecule has 0 radical (unpaired) electrons. The molecule has 0 amide bonds. The van der Waals surface area contributed by atoms with E-state index in [0.29, 0.717) is 19.3 Å². The Kier molecular flexibility index (Phi) is 65.2. The highest BCUT2D eigenvalue weighted by molar-refractivity contribution is 5.71. The van der Waals surface area contributed by atoms with Crippen molar-refractivity contribution in [3.8, 4) is 0 Å². The van der Waals surface area contributed by atoms with E-state index in [0.717, 1.165) is 122 Å². The number of rotatable bonds is 62. The minimum Gasteiger partial charge on any atom is -0.462 e. The van der Waals surface area contributed by atoms with E-state index in [1.807, 2.05) is 0 Å². The molecule has 6 nitrogen and oxygen atoms in total. The molecule has 464 valence electrons. The van der Waals surface area contributed by atoms with Gasteiger partial charge in [0, 0.05) is 19.3 Å². The van der Waals surface area contributed by atoms with Crippen molar-refractivity contribution >= 4 is 17.9 Å². The molecule has 81 heavy (non-hydrogen) atoms. The maximum absolute atomic E-state index is 12.9. The molecular weight excluding hydrogens is 997 g/mol. The molecule has 0 aromatic heterocycles.